The maximum Gasteiger partial charge on any atom is 0.146 e. The van der Waals surface area contributed by atoms with Crippen molar-refractivity contribution >= 4 is 5.69 Å². The molecule has 0 atom stereocenters. The third-order valence-electron chi connectivity index (χ3n) is 5.26. The van der Waals surface area contributed by atoms with Crippen LogP contribution in [0.2, 0.25) is 0 Å². The summed E-state index contributed by atoms with van der Waals surface area (Å²) >= 11 is 0. The molecular formula is C21H26FN. The van der Waals surface area contributed by atoms with E-state index in [1.54, 1.807) is 6.07 Å². The van der Waals surface area contributed by atoms with Gasteiger partial charge in [-0.1, -0.05) is 62.9 Å². The van der Waals surface area contributed by atoms with Gasteiger partial charge in [-0.3, -0.25) is 0 Å². The summed E-state index contributed by atoms with van der Waals surface area (Å²) in [5, 5.41) is 0. The summed E-state index contributed by atoms with van der Waals surface area (Å²) in [7, 11) is 0. The number of halogens is 1. The second-order valence-corrected chi connectivity index (χ2v) is 7.10. The molecule has 0 unspecified atom stereocenters. The molecule has 1 aliphatic rings. The number of nitrogen functional groups attached to an aromatic ring is 1. The summed E-state index contributed by atoms with van der Waals surface area (Å²) in [5.41, 5.74) is 9.03. The van der Waals surface area contributed by atoms with Crippen molar-refractivity contribution in [2.24, 2.45) is 11.8 Å². The lowest BCUT2D eigenvalue weighted by Crippen LogP contribution is -2.12. The van der Waals surface area contributed by atoms with Crippen LogP contribution >= 0.6 is 0 Å². The van der Waals surface area contributed by atoms with Gasteiger partial charge in [0.15, 0.2) is 0 Å². The van der Waals surface area contributed by atoms with Gasteiger partial charge in [0, 0.05) is 0 Å². The summed E-state index contributed by atoms with van der Waals surface area (Å²) in [4.78, 5) is 0. The van der Waals surface area contributed by atoms with Crippen LogP contribution in [0.5, 0.6) is 0 Å². The van der Waals surface area contributed by atoms with E-state index in [4.69, 9.17) is 5.73 Å². The largest absolute Gasteiger partial charge is 0.396 e. The van der Waals surface area contributed by atoms with Gasteiger partial charge in [-0.2, -0.15) is 0 Å². The topological polar surface area (TPSA) is 26.0 Å². The highest BCUT2D eigenvalue weighted by Gasteiger charge is 2.17. The van der Waals surface area contributed by atoms with Crippen LogP contribution in [0, 0.1) is 17.7 Å². The molecular weight excluding hydrogens is 285 g/mol. The van der Waals surface area contributed by atoms with Crippen molar-refractivity contribution in [3.63, 3.8) is 0 Å². The van der Waals surface area contributed by atoms with Crippen LogP contribution in [-0.4, -0.2) is 0 Å². The summed E-state index contributed by atoms with van der Waals surface area (Å²) in [6.45, 7) is 2.37. The number of nitrogens with two attached hydrogens (primary N) is 1. The Kier molecular flexibility index (Phi) is 5.00. The average Bonchev–Trinajstić information content (AvgIpc) is 2.57. The molecule has 0 spiro atoms. The van der Waals surface area contributed by atoms with Gasteiger partial charge in [-0.05, 0) is 53.5 Å². The number of rotatable bonds is 4. The average molecular weight is 311 g/mol. The second kappa shape index (κ2) is 7.16. The van der Waals surface area contributed by atoms with Crippen molar-refractivity contribution in [1.82, 2.24) is 0 Å². The molecule has 0 heterocycles. The van der Waals surface area contributed by atoms with Crippen molar-refractivity contribution in [2.45, 2.75) is 45.4 Å². The molecule has 0 aromatic heterocycles. The lowest BCUT2D eigenvalue weighted by molar-refractivity contribution is 0.278. The van der Waals surface area contributed by atoms with Crippen LogP contribution in [0.3, 0.4) is 0 Å². The van der Waals surface area contributed by atoms with Crippen LogP contribution in [0.1, 0.15) is 44.6 Å². The molecule has 0 radical (unpaired) electrons. The third-order valence-corrected chi connectivity index (χ3v) is 5.26. The summed E-state index contributed by atoms with van der Waals surface area (Å²) < 4.78 is 13.6. The van der Waals surface area contributed by atoms with Gasteiger partial charge >= 0.3 is 0 Å². The van der Waals surface area contributed by atoms with E-state index in [9.17, 15) is 4.39 Å². The van der Waals surface area contributed by atoms with Crippen molar-refractivity contribution < 1.29 is 4.39 Å². The first-order valence-electron chi connectivity index (χ1n) is 8.76. The third kappa shape index (κ3) is 4.13. The Morgan fingerprint density at radius 3 is 2.26 bits per heavy atom. The molecule has 122 valence electrons. The van der Waals surface area contributed by atoms with Crippen molar-refractivity contribution in [2.75, 3.05) is 5.73 Å². The van der Waals surface area contributed by atoms with Gasteiger partial charge in [0.2, 0.25) is 0 Å². The second-order valence-electron chi connectivity index (χ2n) is 7.10. The van der Waals surface area contributed by atoms with E-state index in [1.807, 2.05) is 6.07 Å². The molecule has 1 fully saturated rings. The van der Waals surface area contributed by atoms with E-state index in [2.05, 4.69) is 31.2 Å². The van der Waals surface area contributed by atoms with Crippen LogP contribution in [0.4, 0.5) is 10.1 Å². The quantitative estimate of drug-likeness (QED) is 0.706. The SMILES string of the molecule is CC1CCC(CCc2ccc(-c3ccc(N)c(F)c3)cc2)CC1. The van der Waals surface area contributed by atoms with Crippen LogP contribution < -0.4 is 5.73 Å². The van der Waals surface area contributed by atoms with Gasteiger partial charge in [0.1, 0.15) is 5.82 Å². The van der Waals surface area contributed by atoms with Gasteiger partial charge in [-0.25, -0.2) is 4.39 Å². The Morgan fingerprint density at radius 1 is 0.957 bits per heavy atom. The maximum atomic E-state index is 13.6. The Hall–Kier alpha value is -1.83. The number of anilines is 1. The van der Waals surface area contributed by atoms with Crippen LogP contribution in [0.25, 0.3) is 11.1 Å². The predicted molar refractivity (Wildman–Crippen MR) is 95.7 cm³/mol. The minimum atomic E-state index is -0.349. The van der Waals surface area contributed by atoms with Gasteiger partial charge in [0.05, 0.1) is 5.69 Å². The molecule has 0 aliphatic heterocycles. The maximum absolute atomic E-state index is 13.6. The highest BCUT2D eigenvalue weighted by atomic mass is 19.1. The molecule has 2 heteroatoms. The first kappa shape index (κ1) is 16.0. The van der Waals surface area contributed by atoms with E-state index in [1.165, 1.54) is 43.7 Å². The zero-order valence-electron chi connectivity index (χ0n) is 13.9. The lowest BCUT2D eigenvalue weighted by atomic mass is 9.80. The van der Waals surface area contributed by atoms with Crippen molar-refractivity contribution in [3.8, 4) is 11.1 Å². The summed E-state index contributed by atoms with van der Waals surface area (Å²) in [6, 6.07) is 13.5. The predicted octanol–water partition coefficient (Wildman–Crippen LogP) is 5.83. The van der Waals surface area contributed by atoms with Gasteiger partial charge in [-0.15, -0.1) is 0 Å². The minimum absolute atomic E-state index is 0.201. The molecule has 23 heavy (non-hydrogen) atoms. The Labute approximate surface area is 138 Å². The molecule has 0 amide bonds. The molecule has 1 aliphatic carbocycles. The van der Waals surface area contributed by atoms with E-state index >= 15 is 0 Å². The molecule has 1 saturated carbocycles. The summed E-state index contributed by atoms with van der Waals surface area (Å²) in [5.74, 6) is 1.47. The van der Waals surface area contributed by atoms with E-state index in [0.29, 0.717) is 0 Å². The first-order chi connectivity index (χ1) is 11.1. The molecule has 2 aromatic carbocycles. The van der Waals surface area contributed by atoms with Crippen LogP contribution in [0.15, 0.2) is 42.5 Å². The van der Waals surface area contributed by atoms with Crippen molar-refractivity contribution in [3.05, 3.63) is 53.8 Å². The monoisotopic (exact) mass is 311 g/mol. The number of hydrogen-bond acceptors (Lipinski definition) is 1. The number of hydrogen-bond donors (Lipinski definition) is 1. The fourth-order valence-corrected chi connectivity index (χ4v) is 3.56. The standard InChI is InChI=1S/C21H26FN/c1-15-2-4-16(5-3-15)6-7-17-8-10-18(11-9-17)19-12-13-21(23)20(22)14-19/h8-16H,2-7,23H2,1H3. The van der Waals surface area contributed by atoms with E-state index in [-0.39, 0.29) is 11.5 Å². The number of benzene rings is 2. The Bertz CT molecular complexity index is 639. The molecule has 0 saturated heterocycles. The molecule has 0 bridgehead atoms. The number of aryl methyl sites for hydroxylation is 1. The molecule has 3 rings (SSSR count). The first-order valence-corrected chi connectivity index (χ1v) is 8.76. The van der Waals surface area contributed by atoms with E-state index < -0.39 is 0 Å². The molecule has 1 nitrogen and oxygen atoms in total. The van der Waals surface area contributed by atoms with Gasteiger partial charge in [0.25, 0.3) is 0 Å². The van der Waals surface area contributed by atoms with Crippen molar-refractivity contribution in [1.29, 1.82) is 0 Å². The fraction of sp³-hybridized carbons (Fsp3) is 0.429. The Morgan fingerprint density at radius 2 is 1.61 bits per heavy atom. The van der Waals surface area contributed by atoms with Gasteiger partial charge < -0.3 is 5.73 Å². The highest BCUT2D eigenvalue weighted by Crippen LogP contribution is 2.31. The van der Waals surface area contributed by atoms with E-state index in [0.717, 1.165) is 29.4 Å². The molecule has 2 N–H and O–H groups in total. The molecule has 2 aromatic rings. The van der Waals surface area contributed by atoms with Crippen LogP contribution in [-0.2, 0) is 6.42 Å². The Balaban J connectivity index is 1.59. The normalized spacial score (nSPS) is 21.3. The fourth-order valence-electron chi connectivity index (χ4n) is 3.56. The zero-order chi connectivity index (χ0) is 16.2. The highest BCUT2D eigenvalue weighted by molar-refractivity contribution is 5.66. The summed E-state index contributed by atoms with van der Waals surface area (Å²) in [6.07, 6.45) is 8.02. The minimum Gasteiger partial charge on any atom is -0.396 e. The lowest BCUT2D eigenvalue weighted by Gasteiger charge is -2.26. The smallest absolute Gasteiger partial charge is 0.146 e. The zero-order valence-corrected chi connectivity index (χ0v) is 13.9.